The molecule has 2 atom stereocenters. The minimum absolute atomic E-state index is 0.0248. The van der Waals surface area contributed by atoms with Crippen molar-refractivity contribution >= 4 is 5.97 Å². The highest BCUT2D eigenvalue weighted by atomic mass is 16.7. The van der Waals surface area contributed by atoms with Crippen LogP contribution < -0.4 is 5.73 Å². The van der Waals surface area contributed by atoms with E-state index in [0.29, 0.717) is 0 Å². The Morgan fingerprint density at radius 2 is 2.17 bits per heavy atom. The molecular weight excluding hydrogens is 158 g/mol. The van der Waals surface area contributed by atoms with E-state index in [9.17, 15) is 4.79 Å². The summed E-state index contributed by atoms with van der Waals surface area (Å²) in [7, 11) is 1.46. The van der Waals surface area contributed by atoms with Crippen LogP contribution in [0.3, 0.4) is 0 Å². The molecule has 0 saturated heterocycles. The van der Waals surface area contributed by atoms with Gasteiger partial charge in [0.05, 0.1) is 0 Å². The zero-order valence-corrected chi connectivity index (χ0v) is 7.87. The van der Waals surface area contributed by atoms with Gasteiger partial charge in [-0.1, -0.05) is 20.3 Å². The van der Waals surface area contributed by atoms with Crippen molar-refractivity contribution < 1.29 is 14.3 Å². The molecule has 0 saturated carbocycles. The Morgan fingerprint density at radius 1 is 1.58 bits per heavy atom. The number of rotatable bonds is 5. The van der Waals surface area contributed by atoms with Crippen LogP contribution >= 0.6 is 0 Å². The SMILES string of the molecule is CC[C@H](C)[C@H](N)C(=O)OCOC. The van der Waals surface area contributed by atoms with Crippen molar-refractivity contribution in [2.45, 2.75) is 26.3 Å². The van der Waals surface area contributed by atoms with Crippen LogP contribution in [0.4, 0.5) is 0 Å². The number of carbonyl (C=O) groups excluding carboxylic acids is 1. The lowest BCUT2D eigenvalue weighted by molar-refractivity contribution is -0.156. The Hall–Kier alpha value is -0.610. The molecule has 0 spiro atoms. The third-order valence-electron chi connectivity index (χ3n) is 1.85. The Bertz CT molecular complexity index is 138. The molecule has 0 bridgehead atoms. The molecule has 0 fully saturated rings. The fraction of sp³-hybridized carbons (Fsp3) is 0.875. The van der Waals surface area contributed by atoms with Crippen LogP contribution in [-0.4, -0.2) is 25.9 Å². The standard InChI is InChI=1S/C8H17NO3/c1-4-6(2)7(9)8(10)12-5-11-3/h6-7H,4-5,9H2,1-3H3/t6-,7-/m0/s1. The van der Waals surface area contributed by atoms with Gasteiger partial charge < -0.3 is 15.2 Å². The van der Waals surface area contributed by atoms with E-state index in [2.05, 4.69) is 9.47 Å². The summed E-state index contributed by atoms with van der Waals surface area (Å²) in [6, 6.07) is -0.537. The summed E-state index contributed by atoms with van der Waals surface area (Å²) in [5, 5.41) is 0. The molecule has 0 aliphatic carbocycles. The van der Waals surface area contributed by atoms with E-state index in [0.717, 1.165) is 6.42 Å². The third-order valence-corrected chi connectivity index (χ3v) is 1.85. The Labute approximate surface area is 73.0 Å². The summed E-state index contributed by atoms with van der Waals surface area (Å²) in [6.07, 6.45) is 0.864. The van der Waals surface area contributed by atoms with Crippen molar-refractivity contribution in [3.05, 3.63) is 0 Å². The average molecular weight is 175 g/mol. The smallest absolute Gasteiger partial charge is 0.325 e. The second kappa shape index (κ2) is 5.97. The minimum atomic E-state index is -0.537. The lowest BCUT2D eigenvalue weighted by atomic mass is 10.0. The van der Waals surface area contributed by atoms with Crippen molar-refractivity contribution in [2.24, 2.45) is 11.7 Å². The lowest BCUT2D eigenvalue weighted by Crippen LogP contribution is -2.38. The number of methoxy groups -OCH3 is 1. The lowest BCUT2D eigenvalue weighted by Gasteiger charge is -2.16. The second-order valence-electron chi connectivity index (χ2n) is 2.78. The Balaban J connectivity index is 3.75. The summed E-state index contributed by atoms with van der Waals surface area (Å²) < 4.78 is 9.27. The van der Waals surface area contributed by atoms with Gasteiger partial charge in [0.25, 0.3) is 0 Å². The predicted octanol–water partition coefficient (Wildman–Crippen LogP) is 0.507. The van der Waals surface area contributed by atoms with E-state index in [4.69, 9.17) is 5.73 Å². The molecule has 0 aliphatic rings. The van der Waals surface area contributed by atoms with E-state index in [-0.39, 0.29) is 12.7 Å². The highest BCUT2D eigenvalue weighted by molar-refractivity contribution is 5.75. The zero-order chi connectivity index (χ0) is 9.56. The monoisotopic (exact) mass is 175 g/mol. The van der Waals surface area contributed by atoms with Gasteiger partial charge in [-0.25, -0.2) is 0 Å². The number of hydrogen-bond acceptors (Lipinski definition) is 4. The molecule has 0 amide bonds. The van der Waals surface area contributed by atoms with Crippen molar-refractivity contribution in [2.75, 3.05) is 13.9 Å². The van der Waals surface area contributed by atoms with Crippen LogP contribution in [0.25, 0.3) is 0 Å². The fourth-order valence-corrected chi connectivity index (χ4v) is 0.699. The first-order valence-corrected chi connectivity index (χ1v) is 4.04. The van der Waals surface area contributed by atoms with Gasteiger partial charge in [-0.15, -0.1) is 0 Å². The molecule has 2 N–H and O–H groups in total. The van der Waals surface area contributed by atoms with Gasteiger partial charge in [-0.2, -0.15) is 0 Å². The first kappa shape index (κ1) is 11.4. The van der Waals surface area contributed by atoms with Gasteiger partial charge in [0.2, 0.25) is 0 Å². The van der Waals surface area contributed by atoms with Crippen molar-refractivity contribution in [1.29, 1.82) is 0 Å². The maximum absolute atomic E-state index is 11.1. The Morgan fingerprint density at radius 3 is 2.58 bits per heavy atom. The first-order chi connectivity index (χ1) is 5.63. The van der Waals surface area contributed by atoms with Crippen molar-refractivity contribution in [3.8, 4) is 0 Å². The van der Waals surface area contributed by atoms with Gasteiger partial charge in [-0.3, -0.25) is 4.79 Å². The van der Waals surface area contributed by atoms with Gasteiger partial charge in [0, 0.05) is 7.11 Å². The summed E-state index contributed by atoms with van der Waals surface area (Å²) in [6.45, 7) is 3.87. The Kier molecular flexibility index (Phi) is 5.66. The van der Waals surface area contributed by atoms with Gasteiger partial charge in [0.1, 0.15) is 6.04 Å². The average Bonchev–Trinajstić information content (AvgIpc) is 2.11. The van der Waals surface area contributed by atoms with Crippen LogP contribution in [-0.2, 0) is 14.3 Å². The van der Waals surface area contributed by atoms with Crippen LogP contribution in [0.5, 0.6) is 0 Å². The maximum atomic E-state index is 11.1. The summed E-state index contributed by atoms with van der Waals surface area (Å²) >= 11 is 0. The second-order valence-corrected chi connectivity index (χ2v) is 2.78. The number of ether oxygens (including phenoxy) is 2. The summed E-state index contributed by atoms with van der Waals surface area (Å²) in [5.41, 5.74) is 5.58. The molecule has 0 heterocycles. The number of hydrogen-bond donors (Lipinski definition) is 1. The van der Waals surface area contributed by atoms with Crippen LogP contribution in [0.15, 0.2) is 0 Å². The number of carbonyl (C=O) groups is 1. The molecule has 72 valence electrons. The quantitative estimate of drug-likeness (QED) is 0.488. The van der Waals surface area contributed by atoms with Crippen molar-refractivity contribution in [1.82, 2.24) is 0 Å². The van der Waals surface area contributed by atoms with E-state index >= 15 is 0 Å². The maximum Gasteiger partial charge on any atom is 0.325 e. The van der Waals surface area contributed by atoms with E-state index in [1.54, 1.807) is 0 Å². The van der Waals surface area contributed by atoms with E-state index < -0.39 is 12.0 Å². The summed E-state index contributed by atoms with van der Waals surface area (Å²) in [5.74, 6) is -0.249. The van der Waals surface area contributed by atoms with Crippen LogP contribution in [0, 0.1) is 5.92 Å². The topological polar surface area (TPSA) is 61.6 Å². The zero-order valence-electron chi connectivity index (χ0n) is 7.87. The highest BCUT2D eigenvalue weighted by Crippen LogP contribution is 2.06. The van der Waals surface area contributed by atoms with Gasteiger partial charge >= 0.3 is 5.97 Å². The molecule has 4 heteroatoms. The highest BCUT2D eigenvalue weighted by Gasteiger charge is 2.20. The number of nitrogens with two attached hydrogens (primary N) is 1. The van der Waals surface area contributed by atoms with E-state index in [1.165, 1.54) is 7.11 Å². The molecule has 0 aromatic rings. The van der Waals surface area contributed by atoms with Crippen LogP contribution in [0.2, 0.25) is 0 Å². The molecule has 0 unspecified atom stereocenters. The minimum Gasteiger partial charge on any atom is -0.437 e. The molecule has 12 heavy (non-hydrogen) atoms. The molecule has 0 radical (unpaired) electrons. The van der Waals surface area contributed by atoms with Crippen molar-refractivity contribution in [3.63, 3.8) is 0 Å². The molecular formula is C8H17NO3. The molecule has 0 aromatic carbocycles. The third kappa shape index (κ3) is 3.69. The van der Waals surface area contributed by atoms with Gasteiger partial charge in [0.15, 0.2) is 6.79 Å². The molecule has 0 aliphatic heterocycles. The largest absolute Gasteiger partial charge is 0.437 e. The first-order valence-electron chi connectivity index (χ1n) is 4.04. The van der Waals surface area contributed by atoms with Gasteiger partial charge in [-0.05, 0) is 5.92 Å². The normalized spacial score (nSPS) is 15.3. The van der Waals surface area contributed by atoms with E-state index in [1.807, 2.05) is 13.8 Å². The summed E-state index contributed by atoms with van der Waals surface area (Å²) in [4.78, 5) is 11.1. The molecule has 0 rings (SSSR count). The fourth-order valence-electron chi connectivity index (χ4n) is 0.699. The van der Waals surface area contributed by atoms with Crippen LogP contribution in [0.1, 0.15) is 20.3 Å². The predicted molar refractivity (Wildman–Crippen MR) is 45.4 cm³/mol. The number of esters is 1. The molecule has 0 aromatic heterocycles. The molecule has 4 nitrogen and oxygen atoms in total.